The molecule has 0 amide bonds. The molecule has 3 rings (SSSR count). The van der Waals surface area contributed by atoms with Crippen LogP contribution in [0, 0.1) is 0 Å². The molecule has 1 heterocycles. The van der Waals surface area contributed by atoms with Gasteiger partial charge in [0.1, 0.15) is 5.15 Å². The van der Waals surface area contributed by atoms with E-state index < -0.39 is 5.69 Å². The lowest BCUT2D eigenvalue weighted by atomic mass is 10.0. The van der Waals surface area contributed by atoms with Gasteiger partial charge in [-0.05, 0) is 30.9 Å². The molecule has 1 aromatic carbocycles. The van der Waals surface area contributed by atoms with Crippen LogP contribution >= 0.6 is 23.2 Å². The molecule has 0 aliphatic heterocycles. The highest BCUT2D eigenvalue weighted by Gasteiger charge is 2.25. The predicted octanol–water partition coefficient (Wildman–Crippen LogP) is 3.49. The maximum absolute atomic E-state index is 12.8. The third-order valence-electron chi connectivity index (χ3n) is 3.95. The summed E-state index contributed by atoms with van der Waals surface area (Å²) in [5.74, 6) is 0.107. The van der Waals surface area contributed by atoms with Crippen molar-refractivity contribution < 1.29 is 0 Å². The monoisotopic (exact) mass is 324 g/mol. The van der Waals surface area contributed by atoms with E-state index in [0.717, 1.165) is 30.3 Å². The van der Waals surface area contributed by atoms with Crippen LogP contribution in [0.3, 0.4) is 0 Å². The minimum absolute atomic E-state index is 0.107. The van der Waals surface area contributed by atoms with Crippen molar-refractivity contribution in [1.29, 1.82) is 0 Å². The fraction of sp³-hybridized carbons (Fsp3) is 0.333. The molecule has 4 nitrogen and oxygen atoms in total. The molecule has 21 heavy (non-hydrogen) atoms. The predicted molar refractivity (Wildman–Crippen MR) is 83.9 cm³/mol. The first kappa shape index (κ1) is 14.4. The van der Waals surface area contributed by atoms with Gasteiger partial charge in [0.25, 0.3) is 5.56 Å². The molecule has 1 N–H and O–H groups in total. The summed E-state index contributed by atoms with van der Waals surface area (Å²) in [4.78, 5) is 27.5. The topological polar surface area (TPSA) is 54.9 Å². The summed E-state index contributed by atoms with van der Waals surface area (Å²) < 4.78 is 1.07. The average molecular weight is 325 g/mol. The van der Waals surface area contributed by atoms with E-state index in [1.165, 1.54) is 0 Å². The van der Waals surface area contributed by atoms with Crippen LogP contribution in [-0.4, -0.2) is 9.55 Å². The molecule has 1 aliphatic rings. The number of aromatic amines is 1. The van der Waals surface area contributed by atoms with Gasteiger partial charge in [0, 0.05) is 0 Å². The zero-order valence-corrected chi connectivity index (χ0v) is 12.7. The Morgan fingerprint density at radius 3 is 2.43 bits per heavy atom. The van der Waals surface area contributed by atoms with Gasteiger partial charge in [-0.3, -0.25) is 9.78 Å². The van der Waals surface area contributed by atoms with Crippen molar-refractivity contribution in [3.63, 3.8) is 0 Å². The van der Waals surface area contributed by atoms with E-state index in [1.807, 2.05) is 0 Å². The van der Waals surface area contributed by atoms with Crippen molar-refractivity contribution in [3.05, 3.63) is 60.8 Å². The summed E-state index contributed by atoms with van der Waals surface area (Å²) in [5.41, 5.74) is -0.0707. The smallest absolute Gasteiger partial charge is 0.297 e. The molecule has 1 fully saturated rings. The highest BCUT2D eigenvalue weighted by atomic mass is 35.5. The standard InChI is InChI=1S/C15H14Cl2N2O2/c16-10-7-3-4-8-11(10)19-14(20)12(9-5-1-2-6-9)13(17)18-15(19)21/h3-4,7-9H,1-2,5-6H2,(H,18,21). The minimum atomic E-state index is -0.570. The lowest BCUT2D eigenvalue weighted by Gasteiger charge is -2.14. The normalized spacial score (nSPS) is 15.5. The largest absolute Gasteiger partial charge is 0.334 e. The molecular formula is C15H14Cl2N2O2. The number of aromatic nitrogens is 2. The first-order chi connectivity index (χ1) is 10.1. The number of hydrogen-bond acceptors (Lipinski definition) is 2. The van der Waals surface area contributed by atoms with Gasteiger partial charge >= 0.3 is 5.69 Å². The molecule has 0 atom stereocenters. The second-order valence-corrected chi connectivity index (χ2v) is 6.02. The summed E-state index contributed by atoms with van der Waals surface area (Å²) in [7, 11) is 0. The van der Waals surface area contributed by atoms with E-state index in [9.17, 15) is 9.59 Å². The average Bonchev–Trinajstić information content (AvgIpc) is 2.94. The van der Waals surface area contributed by atoms with Crippen LogP contribution in [-0.2, 0) is 0 Å². The SMILES string of the molecule is O=c1[nH]c(Cl)c(C2CCCC2)c(=O)n1-c1ccccc1Cl. The maximum atomic E-state index is 12.8. The number of benzene rings is 1. The van der Waals surface area contributed by atoms with Gasteiger partial charge < -0.3 is 0 Å². The molecule has 110 valence electrons. The van der Waals surface area contributed by atoms with Crippen LogP contribution in [0.25, 0.3) is 5.69 Å². The Labute approximate surface area is 131 Å². The zero-order chi connectivity index (χ0) is 15.0. The van der Waals surface area contributed by atoms with Gasteiger partial charge in [-0.2, -0.15) is 0 Å². The highest BCUT2D eigenvalue weighted by molar-refractivity contribution is 6.32. The van der Waals surface area contributed by atoms with Crippen molar-refractivity contribution in [1.82, 2.24) is 9.55 Å². The van der Waals surface area contributed by atoms with Gasteiger partial charge in [0.15, 0.2) is 0 Å². The zero-order valence-electron chi connectivity index (χ0n) is 11.2. The van der Waals surface area contributed by atoms with Gasteiger partial charge in [-0.1, -0.05) is 48.2 Å². The molecule has 0 saturated heterocycles. The van der Waals surface area contributed by atoms with E-state index in [4.69, 9.17) is 23.2 Å². The molecule has 1 saturated carbocycles. The van der Waals surface area contributed by atoms with Gasteiger partial charge in [0.05, 0.1) is 16.3 Å². The van der Waals surface area contributed by atoms with E-state index in [-0.39, 0.29) is 16.6 Å². The number of rotatable bonds is 2. The minimum Gasteiger partial charge on any atom is -0.297 e. The van der Waals surface area contributed by atoms with Crippen LogP contribution in [0.5, 0.6) is 0 Å². The molecule has 6 heteroatoms. The quantitative estimate of drug-likeness (QED) is 0.859. The Kier molecular flexibility index (Phi) is 3.91. The number of nitrogens with zero attached hydrogens (tertiary/aromatic N) is 1. The van der Waals surface area contributed by atoms with Crippen molar-refractivity contribution in [2.24, 2.45) is 0 Å². The van der Waals surface area contributed by atoms with Crippen molar-refractivity contribution in [3.8, 4) is 5.69 Å². The van der Waals surface area contributed by atoms with Crippen LogP contribution in [0.1, 0.15) is 37.2 Å². The van der Waals surface area contributed by atoms with Gasteiger partial charge in [0.2, 0.25) is 0 Å². The van der Waals surface area contributed by atoms with Crippen LogP contribution in [0.2, 0.25) is 10.2 Å². The number of para-hydroxylation sites is 1. The number of halogens is 2. The van der Waals surface area contributed by atoms with Crippen LogP contribution < -0.4 is 11.2 Å². The Morgan fingerprint density at radius 2 is 1.76 bits per heavy atom. The van der Waals surface area contributed by atoms with Crippen molar-refractivity contribution in [2.45, 2.75) is 31.6 Å². The fourth-order valence-electron chi connectivity index (χ4n) is 2.94. The summed E-state index contributed by atoms with van der Waals surface area (Å²) in [6.45, 7) is 0. The summed E-state index contributed by atoms with van der Waals surface area (Å²) in [6, 6.07) is 6.77. The second-order valence-electron chi connectivity index (χ2n) is 5.23. The van der Waals surface area contributed by atoms with E-state index >= 15 is 0 Å². The lowest BCUT2D eigenvalue weighted by molar-refractivity contribution is 0.689. The maximum Gasteiger partial charge on any atom is 0.334 e. The van der Waals surface area contributed by atoms with E-state index in [2.05, 4.69) is 4.98 Å². The lowest BCUT2D eigenvalue weighted by Crippen LogP contribution is -2.37. The molecule has 0 spiro atoms. The van der Waals surface area contributed by atoms with Crippen LogP contribution in [0.4, 0.5) is 0 Å². The van der Waals surface area contributed by atoms with Gasteiger partial charge in [-0.25, -0.2) is 9.36 Å². The Hall–Kier alpha value is -1.52. The second kappa shape index (κ2) is 5.70. The van der Waals surface area contributed by atoms with Crippen molar-refractivity contribution >= 4 is 23.2 Å². The number of hydrogen-bond donors (Lipinski definition) is 1. The first-order valence-electron chi connectivity index (χ1n) is 6.89. The van der Waals surface area contributed by atoms with E-state index in [1.54, 1.807) is 24.3 Å². The van der Waals surface area contributed by atoms with Gasteiger partial charge in [-0.15, -0.1) is 0 Å². The van der Waals surface area contributed by atoms with Crippen molar-refractivity contribution in [2.75, 3.05) is 0 Å². The number of nitrogens with one attached hydrogen (secondary N) is 1. The highest BCUT2D eigenvalue weighted by Crippen LogP contribution is 2.34. The molecule has 0 bridgehead atoms. The van der Waals surface area contributed by atoms with E-state index in [0.29, 0.717) is 16.3 Å². The molecule has 0 radical (unpaired) electrons. The molecule has 0 unspecified atom stereocenters. The molecule has 1 aliphatic carbocycles. The Balaban J connectivity index is 2.27. The fourth-order valence-corrected chi connectivity index (χ4v) is 3.48. The molecule has 2 aromatic rings. The first-order valence-corrected chi connectivity index (χ1v) is 7.65. The summed E-state index contributed by atoms with van der Waals surface area (Å²) in [5, 5.41) is 0.505. The van der Waals surface area contributed by atoms with Crippen LogP contribution in [0.15, 0.2) is 33.9 Å². The third-order valence-corrected chi connectivity index (χ3v) is 4.56. The Morgan fingerprint density at radius 1 is 1.10 bits per heavy atom. The third kappa shape index (κ3) is 2.54. The molecule has 1 aromatic heterocycles. The number of H-pyrrole nitrogens is 1. The Bertz CT molecular complexity index is 789. The molecular weight excluding hydrogens is 311 g/mol. The summed E-state index contributed by atoms with van der Waals surface area (Å²) in [6.07, 6.45) is 3.99. The summed E-state index contributed by atoms with van der Waals surface area (Å²) >= 11 is 12.2.